The Hall–Kier alpha value is -0.770. The fourth-order valence-corrected chi connectivity index (χ4v) is 0.981. The first kappa shape index (κ1) is 6.35. The van der Waals surface area contributed by atoms with Crippen LogP contribution < -0.4 is 0 Å². The summed E-state index contributed by atoms with van der Waals surface area (Å²) in [5.41, 5.74) is 0. The number of guanidine groups is 1. The van der Waals surface area contributed by atoms with Gasteiger partial charge in [0, 0.05) is 18.7 Å². The predicted octanol–water partition coefficient (Wildman–Crippen LogP) is 1.11. The normalized spacial score (nSPS) is 17.4. The minimum atomic E-state index is 0.655. The average Bonchev–Trinajstić information content (AvgIpc) is 1.89. The molecule has 0 aromatic heterocycles. The molecular formula is C5H7N3S. The third-order valence-electron chi connectivity index (χ3n) is 0.893. The van der Waals surface area contributed by atoms with Crippen LogP contribution in [0.5, 0.6) is 0 Å². The Balaban J connectivity index is 2.74. The molecule has 0 fully saturated rings. The molecule has 4 heteroatoms. The highest BCUT2D eigenvalue weighted by Crippen LogP contribution is 2.13. The van der Waals surface area contributed by atoms with E-state index in [-0.39, 0.29) is 0 Å². The van der Waals surface area contributed by atoms with E-state index < -0.39 is 0 Å². The Kier molecular flexibility index (Phi) is 1.89. The molecule has 48 valence electrons. The van der Waals surface area contributed by atoms with Gasteiger partial charge in [-0.25, -0.2) is 9.98 Å². The van der Waals surface area contributed by atoms with Crippen LogP contribution in [0.15, 0.2) is 21.6 Å². The van der Waals surface area contributed by atoms with Gasteiger partial charge in [0.1, 0.15) is 0 Å². The zero-order valence-electron chi connectivity index (χ0n) is 5.11. The molecule has 0 radical (unpaired) electrons. The molecule has 0 N–H and O–H groups in total. The largest absolute Gasteiger partial charge is 0.284 e. The van der Waals surface area contributed by atoms with E-state index in [0.29, 0.717) is 5.96 Å². The van der Waals surface area contributed by atoms with Crippen molar-refractivity contribution >= 4 is 24.6 Å². The molecule has 0 aliphatic carbocycles. The lowest BCUT2D eigenvalue weighted by Crippen LogP contribution is -2.17. The maximum atomic E-state index is 3.94. The number of hydrogen-bond donors (Lipinski definition) is 0. The van der Waals surface area contributed by atoms with Gasteiger partial charge in [0.05, 0.1) is 0 Å². The van der Waals surface area contributed by atoms with Crippen molar-refractivity contribution in [2.75, 3.05) is 7.05 Å². The van der Waals surface area contributed by atoms with Gasteiger partial charge in [-0.15, -0.1) is 0 Å². The van der Waals surface area contributed by atoms with Gasteiger partial charge in [0.15, 0.2) is 0 Å². The van der Waals surface area contributed by atoms with E-state index in [4.69, 9.17) is 0 Å². The van der Waals surface area contributed by atoms with Gasteiger partial charge in [-0.05, 0) is 18.7 Å². The molecule has 1 aliphatic rings. The molecule has 0 unspecified atom stereocenters. The highest BCUT2D eigenvalue weighted by Gasteiger charge is 2.03. The van der Waals surface area contributed by atoms with Gasteiger partial charge in [-0.1, -0.05) is 0 Å². The molecule has 1 heterocycles. The smallest absolute Gasteiger partial charge is 0.234 e. The first-order chi connectivity index (χ1) is 4.34. The molecule has 1 rings (SSSR count). The summed E-state index contributed by atoms with van der Waals surface area (Å²) in [5.74, 6) is 0.655. The number of aliphatic imine (C=N–C) groups is 2. The van der Waals surface area contributed by atoms with Gasteiger partial charge in [-0.2, -0.15) is 0 Å². The maximum absolute atomic E-state index is 3.94. The summed E-state index contributed by atoms with van der Waals surface area (Å²) >= 11 is 1.54. The minimum Gasteiger partial charge on any atom is -0.284 e. The van der Waals surface area contributed by atoms with E-state index in [1.165, 1.54) is 11.9 Å². The molecule has 0 aromatic rings. The van der Waals surface area contributed by atoms with Crippen molar-refractivity contribution < 1.29 is 0 Å². The van der Waals surface area contributed by atoms with E-state index in [2.05, 4.69) is 16.7 Å². The molecule has 9 heavy (non-hydrogen) atoms. The lowest BCUT2D eigenvalue weighted by molar-refractivity contribution is 0.831. The number of nitrogens with zero attached hydrogens (tertiary/aromatic N) is 3. The van der Waals surface area contributed by atoms with Crippen molar-refractivity contribution in [3.8, 4) is 0 Å². The van der Waals surface area contributed by atoms with Crippen LogP contribution in [0.3, 0.4) is 0 Å². The highest BCUT2D eigenvalue weighted by molar-refractivity contribution is 8.00. The predicted molar refractivity (Wildman–Crippen MR) is 41.5 cm³/mol. The first-order valence-electron chi connectivity index (χ1n) is 2.44. The van der Waals surface area contributed by atoms with E-state index in [1.54, 1.807) is 6.20 Å². The van der Waals surface area contributed by atoms with Gasteiger partial charge in [-0.3, -0.25) is 4.31 Å². The van der Waals surface area contributed by atoms with E-state index in [9.17, 15) is 0 Å². The summed E-state index contributed by atoms with van der Waals surface area (Å²) in [6.45, 7) is 3.37. The van der Waals surface area contributed by atoms with Crippen LogP contribution in [0, 0.1) is 0 Å². The molecular weight excluding hydrogens is 134 g/mol. The molecule has 3 nitrogen and oxygen atoms in total. The van der Waals surface area contributed by atoms with Crippen LogP contribution in [0.1, 0.15) is 0 Å². The standard InChI is InChI=1S/C5H7N3S/c1-6-5-7-3-4-9-8(5)2/h3-4H,1H2,2H3. The summed E-state index contributed by atoms with van der Waals surface area (Å²) < 4.78 is 1.84. The minimum absolute atomic E-state index is 0.655. The van der Waals surface area contributed by atoms with Crippen LogP contribution >= 0.6 is 11.9 Å². The number of hydrogen-bond acceptors (Lipinski definition) is 4. The Labute approximate surface area is 58.3 Å². The van der Waals surface area contributed by atoms with E-state index >= 15 is 0 Å². The summed E-state index contributed by atoms with van der Waals surface area (Å²) in [4.78, 5) is 7.62. The third kappa shape index (κ3) is 1.32. The van der Waals surface area contributed by atoms with Crippen molar-refractivity contribution in [3.63, 3.8) is 0 Å². The SMILES string of the molecule is C=NC1=NC=CSN1C. The van der Waals surface area contributed by atoms with Gasteiger partial charge < -0.3 is 0 Å². The fourth-order valence-electron chi connectivity index (χ4n) is 0.484. The summed E-state index contributed by atoms with van der Waals surface area (Å²) in [5, 5.41) is 1.88. The van der Waals surface area contributed by atoms with Crippen molar-refractivity contribution in [1.82, 2.24) is 4.31 Å². The molecule has 1 aliphatic heterocycles. The molecule has 0 saturated heterocycles. The van der Waals surface area contributed by atoms with Crippen LogP contribution in [0.25, 0.3) is 0 Å². The van der Waals surface area contributed by atoms with Gasteiger partial charge in [0.25, 0.3) is 0 Å². The number of rotatable bonds is 0. The van der Waals surface area contributed by atoms with Crippen molar-refractivity contribution in [2.45, 2.75) is 0 Å². The Bertz CT molecular complexity index is 173. The van der Waals surface area contributed by atoms with Crippen LogP contribution in [0.2, 0.25) is 0 Å². The van der Waals surface area contributed by atoms with Gasteiger partial charge in [0.2, 0.25) is 5.96 Å². The quantitative estimate of drug-likeness (QED) is 0.373. The maximum Gasteiger partial charge on any atom is 0.234 e. The molecule has 0 atom stereocenters. The molecule has 0 spiro atoms. The highest BCUT2D eigenvalue weighted by atomic mass is 32.2. The third-order valence-corrected chi connectivity index (χ3v) is 1.62. The van der Waals surface area contributed by atoms with Crippen molar-refractivity contribution in [1.29, 1.82) is 0 Å². The summed E-state index contributed by atoms with van der Waals surface area (Å²) in [6.07, 6.45) is 1.70. The van der Waals surface area contributed by atoms with E-state index in [0.717, 1.165) is 0 Å². The van der Waals surface area contributed by atoms with E-state index in [1.807, 2.05) is 16.8 Å². The van der Waals surface area contributed by atoms with Crippen molar-refractivity contribution in [3.05, 3.63) is 11.6 Å². The molecule has 0 amide bonds. The average molecular weight is 141 g/mol. The molecule has 0 saturated carbocycles. The lowest BCUT2D eigenvalue weighted by Gasteiger charge is -2.15. The zero-order valence-corrected chi connectivity index (χ0v) is 5.93. The second-order valence-corrected chi connectivity index (χ2v) is 2.51. The zero-order chi connectivity index (χ0) is 6.69. The van der Waals surface area contributed by atoms with Crippen LogP contribution in [0.4, 0.5) is 0 Å². The topological polar surface area (TPSA) is 28.0 Å². The lowest BCUT2D eigenvalue weighted by atomic mass is 10.9. The second-order valence-electron chi connectivity index (χ2n) is 1.48. The van der Waals surface area contributed by atoms with Crippen molar-refractivity contribution in [2.24, 2.45) is 9.98 Å². The molecule has 0 aromatic carbocycles. The van der Waals surface area contributed by atoms with Crippen LogP contribution in [-0.4, -0.2) is 24.0 Å². The Morgan fingerprint density at radius 1 is 1.89 bits per heavy atom. The monoisotopic (exact) mass is 141 g/mol. The Morgan fingerprint density at radius 2 is 2.67 bits per heavy atom. The summed E-state index contributed by atoms with van der Waals surface area (Å²) in [6, 6.07) is 0. The van der Waals surface area contributed by atoms with Crippen LogP contribution in [-0.2, 0) is 0 Å². The fraction of sp³-hybridized carbons (Fsp3) is 0.200. The first-order valence-corrected chi connectivity index (χ1v) is 3.28. The Morgan fingerprint density at radius 3 is 3.11 bits per heavy atom. The van der Waals surface area contributed by atoms with Gasteiger partial charge >= 0.3 is 0 Å². The second kappa shape index (κ2) is 2.68. The summed E-state index contributed by atoms with van der Waals surface area (Å²) in [7, 11) is 1.89. The molecule has 0 bridgehead atoms.